The second kappa shape index (κ2) is 8.22. The van der Waals surface area contributed by atoms with E-state index in [2.05, 4.69) is 15.2 Å². The zero-order valence-corrected chi connectivity index (χ0v) is 16.1. The lowest BCUT2D eigenvalue weighted by molar-refractivity contribution is 0.0699. The number of carbonyl (C=O) groups is 1. The Labute approximate surface area is 168 Å². The molecule has 3 N–H and O–H groups in total. The molecule has 0 aliphatic carbocycles. The highest BCUT2D eigenvalue weighted by Crippen LogP contribution is 2.34. The average Bonchev–Trinajstić information content (AvgIpc) is 3.12. The molecule has 0 spiro atoms. The summed E-state index contributed by atoms with van der Waals surface area (Å²) in [5.41, 5.74) is 2.65. The summed E-state index contributed by atoms with van der Waals surface area (Å²) in [6.45, 7) is 5.74. The van der Waals surface area contributed by atoms with Gasteiger partial charge >= 0.3 is 5.97 Å². The first-order valence-electron chi connectivity index (χ1n) is 9.32. The van der Waals surface area contributed by atoms with Crippen molar-refractivity contribution in [1.29, 1.82) is 0 Å². The highest BCUT2D eigenvalue weighted by Gasteiger charge is 2.14. The number of hydrogen-bond donors (Lipinski definition) is 3. The van der Waals surface area contributed by atoms with E-state index in [0.717, 1.165) is 49.6 Å². The Kier molecular flexibility index (Phi) is 5.52. The van der Waals surface area contributed by atoms with Crippen molar-refractivity contribution in [2.45, 2.75) is 0 Å². The third kappa shape index (κ3) is 3.99. The van der Waals surface area contributed by atoms with Gasteiger partial charge in [0.05, 0.1) is 10.6 Å². The fourth-order valence-electron chi connectivity index (χ4n) is 3.50. The molecule has 0 radical (unpaired) electrons. The van der Waals surface area contributed by atoms with Gasteiger partial charge in [-0.05, 0) is 29.8 Å². The summed E-state index contributed by atoms with van der Waals surface area (Å²) in [4.78, 5) is 16.7. The number of piperazine rings is 1. The number of nitrogens with one attached hydrogen (secondary N) is 2. The smallest absolute Gasteiger partial charge is 0.337 e. The van der Waals surface area contributed by atoms with Crippen molar-refractivity contribution in [1.82, 2.24) is 15.2 Å². The number of benzene rings is 2. The van der Waals surface area contributed by atoms with E-state index >= 15 is 0 Å². The molecule has 1 aliphatic heterocycles. The van der Waals surface area contributed by atoms with Crippen molar-refractivity contribution in [3.63, 3.8) is 0 Å². The first kappa shape index (κ1) is 18.8. The van der Waals surface area contributed by atoms with Gasteiger partial charge in [-0.15, -0.1) is 0 Å². The van der Waals surface area contributed by atoms with Gasteiger partial charge < -0.3 is 20.1 Å². The topological polar surface area (TPSA) is 77.6 Å². The molecule has 2 heterocycles. The van der Waals surface area contributed by atoms with Crippen molar-refractivity contribution in [3.8, 4) is 16.9 Å². The first-order chi connectivity index (χ1) is 13.6. The number of aromatic amines is 1. The number of fused-ring (bicyclic) bond motifs is 1. The predicted octanol–water partition coefficient (Wildman–Crippen LogP) is 3.47. The maximum atomic E-state index is 11.4. The van der Waals surface area contributed by atoms with Gasteiger partial charge in [-0.1, -0.05) is 23.7 Å². The molecule has 0 atom stereocenters. The molecule has 1 fully saturated rings. The van der Waals surface area contributed by atoms with Crippen LogP contribution >= 0.6 is 11.6 Å². The number of ether oxygens (including phenoxy) is 1. The lowest BCUT2D eigenvalue weighted by atomic mass is 10.0. The van der Waals surface area contributed by atoms with Crippen LogP contribution in [0.15, 0.2) is 42.6 Å². The van der Waals surface area contributed by atoms with Crippen molar-refractivity contribution >= 4 is 28.5 Å². The van der Waals surface area contributed by atoms with E-state index in [1.54, 1.807) is 6.07 Å². The van der Waals surface area contributed by atoms with Crippen LogP contribution in [0.5, 0.6) is 5.75 Å². The first-order valence-corrected chi connectivity index (χ1v) is 9.70. The van der Waals surface area contributed by atoms with E-state index < -0.39 is 5.97 Å². The maximum absolute atomic E-state index is 11.4. The molecule has 0 amide bonds. The summed E-state index contributed by atoms with van der Waals surface area (Å²) in [7, 11) is 0. The van der Waals surface area contributed by atoms with Crippen molar-refractivity contribution in [2.75, 3.05) is 39.3 Å². The summed E-state index contributed by atoms with van der Waals surface area (Å²) in [6, 6.07) is 11.3. The minimum absolute atomic E-state index is 0.237. The van der Waals surface area contributed by atoms with E-state index in [9.17, 15) is 9.90 Å². The molecule has 1 aromatic heterocycles. The van der Waals surface area contributed by atoms with Crippen LogP contribution in [0.25, 0.3) is 22.0 Å². The third-order valence-electron chi connectivity index (χ3n) is 5.05. The van der Waals surface area contributed by atoms with E-state index in [1.807, 2.05) is 30.3 Å². The maximum Gasteiger partial charge on any atom is 0.337 e. The molecule has 3 aromatic rings. The molecular formula is C21H22ClN3O3. The Balaban J connectivity index is 1.48. The fraction of sp³-hybridized carbons (Fsp3) is 0.286. The SMILES string of the molecule is O=C(O)c1c[nH]c2cc(Cl)c(-c3ccc(OCCN4CCNCC4)cc3)cc12. The largest absolute Gasteiger partial charge is 0.492 e. The van der Waals surface area contributed by atoms with Crippen LogP contribution in [0.2, 0.25) is 5.02 Å². The molecule has 2 aromatic carbocycles. The lowest BCUT2D eigenvalue weighted by Gasteiger charge is -2.26. The molecule has 146 valence electrons. The summed E-state index contributed by atoms with van der Waals surface area (Å²) in [5, 5.41) is 13.9. The highest BCUT2D eigenvalue weighted by molar-refractivity contribution is 6.34. The Bertz CT molecular complexity index is 978. The van der Waals surface area contributed by atoms with Gasteiger partial charge in [0.2, 0.25) is 0 Å². The summed E-state index contributed by atoms with van der Waals surface area (Å²) in [5.74, 6) is -0.156. The lowest BCUT2D eigenvalue weighted by Crippen LogP contribution is -2.44. The van der Waals surface area contributed by atoms with Crippen LogP contribution < -0.4 is 10.1 Å². The number of aromatic carboxylic acids is 1. The fourth-order valence-corrected chi connectivity index (χ4v) is 3.77. The van der Waals surface area contributed by atoms with Gasteiger partial charge in [-0.25, -0.2) is 4.79 Å². The Morgan fingerprint density at radius 1 is 1.18 bits per heavy atom. The normalized spacial score (nSPS) is 15.0. The van der Waals surface area contributed by atoms with Crippen LogP contribution in [0.4, 0.5) is 0 Å². The predicted molar refractivity (Wildman–Crippen MR) is 111 cm³/mol. The van der Waals surface area contributed by atoms with Crippen LogP contribution in [0.3, 0.4) is 0 Å². The minimum Gasteiger partial charge on any atom is -0.492 e. The molecule has 28 heavy (non-hydrogen) atoms. The number of H-pyrrole nitrogens is 1. The number of carboxylic acid groups (broad SMARTS) is 1. The van der Waals surface area contributed by atoms with Crippen LogP contribution in [0.1, 0.15) is 10.4 Å². The zero-order valence-electron chi connectivity index (χ0n) is 15.4. The second-order valence-electron chi connectivity index (χ2n) is 6.85. The highest BCUT2D eigenvalue weighted by atomic mass is 35.5. The van der Waals surface area contributed by atoms with E-state index in [4.69, 9.17) is 16.3 Å². The number of nitrogens with zero attached hydrogens (tertiary/aromatic N) is 1. The molecule has 1 aliphatic rings. The molecule has 4 rings (SSSR count). The minimum atomic E-state index is -0.965. The van der Waals surface area contributed by atoms with Gasteiger partial charge in [0, 0.05) is 55.4 Å². The number of halogens is 1. The van der Waals surface area contributed by atoms with Gasteiger partial charge in [0.25, 0.3) is 0 Å². The molecule has 0 unspecified atom stereocenters. The number of rotatable bonds is 6. The van der Waals surface area contributed by atoms with Gasteiger partial charge in [0.1, 0.15) is 12.4 Å². The molecular weight excluding hydrogens is 378 g/mol. The van der Waals surface area contributed by atoms with Gasteiger partial charge in [-0.2, -0.15) is 0 Å². The molecule has 0 saturated carbocycles. The molecule has 1 saturated heterocycles. The van der Waals surface area contributed by atoms with Crippen molar-refractivity contribution in [3.05, 3.63) is 53.2 Å². The second-order valence-corrected chi connectivity index (χ2v) is 7.26. The molecule has 6 nitrogen and oxygen atoms in total. The van der Waals surface area contributed by atoms with Crippen LogP contribution in [0, 0.1) is 0 Å². The van der Waals surface area contributed by atoms with Crippen molar-refractivity contribution < 1.29 is 14.6 Å². The summed E-state index contributed by atoms with van der Waals surface area (Å²) in [6.07, 6.45) is 1.49. The van der Waals surface area contributed by atoms with Crippen LogP contribution in [-0.2, 0) is 0 Å². The average molecular weight is 400 g/mol. The van der Waals surface area contributed by atoms with Gasteiger partial charge in [-0.3, -0.25) is 4.90 Å². The zero-order chi connectivity index (χ0) is 19.5. The Hall–Kier alpha value is -2.54. The van der Waals surface area contributed by atoms with Crippen LogP contribution in [-0.4, -0.2) is 60.3 Å². The van der Waals surface area contributed by atoms with E-state index in [1.165, 1.54) is 6.20 Å². The molecule has 7 heteroatoms. The summed E-state index contributed by atoms with van der Waals surface area (Å²) < 4.78 is 5.86. The Morgan fingerprint density at radius 3 is 2.64 bits per heavy atom. The number of carboxylic acids is 1. The van der Waals surface area contributed by atoms with E-state index in [-0.39, 0.29) is 5.56 Å². The van der Waals surface area contributed by atoms with Crippen molar-refractivity contribution in [2.24, 2.45) is 0 Å². The van der Waals surface area contributed by atoms with Gasteiger partial charge in [0.15, 0.2) is 0 Å². The summed E-state index contributed by atoms with van der Waals surface area (Å²) >= 11 is 6.43. The molecule has 0 bridgehead atoms. The Morgan fingerprint density at radius 2 is 1.93 bits per heavy atom. The quantitative estimate of drug-likeness (QED) is 0.591. The standard InChI is InChI=1S/C21H22ClN3O3/c22-19-12-20-17(18(13-24-20)21(26)27)11-16(19)14-1-3-15(4-2-14)28-10-9-25-7-5-23-6-8-25/h1-4,11-13,23-24H,5-10H2,(H,26,27). The van der Waals surface area contributed by atoms with E-state index in [0.29, 0.717) is 22.5 Å². The number of aromatic nitrogens is 1. The third-order valence-corrected chi connectivity index (χ3v) is 5.36. The monoisotopic (exact) mass is 399 g/mol. The number of hydrogen-bond acceptors (Lipinski definition) is 4.